The van der Waals surface area contributed by atoms with Crippen molar-refractivity contribution in [3.8, 4) is 0 Å². The molecular weight excluding hydrogens is 356 g/mol. The van der Waals surface area contributed by atoms with E-state index in [4.69, 9.17) is 0 Å². The topological polar surface area (TPSA) is 98.7 Å². The van der Waals surface area contributed by atoms with Crippen LogP contribution in [-0.2, 0) is 35.4 Å². The van der Waals surface area contributed by atoms with Gasteiger partial charge in [-0.25, -0.2) is 0 Å². The van der Waals surface area contributed by atoms with Gasteiger partial charge in [0, 0.05) is 25.1 Å². The van der Waals surface area contributed by atoms with E-state index in [1.165, 1.54) is 0 Å². The first kappa shape index (κ1) is 18.7. The number of aliphatic hydroxyl groups is 2. The van der Waals surface area contributed by atoms with Gasteiger partial charge in [0.2, 0.25) is 5.91 Å². The predicted molar refractivity (Wildman–Crippen MR) is 105 cm³/mol. The highest BCUT2D eigenvalue weighted by atomic mass is 16.3. The summed E-state index contributed by atoms with van der Waals surface area (Å²) in [4.78, 5) is 23.1. The van der Waals surface area contributed by atoms with E-state index in [9.17, 15) is 19.8 Å². The second-order valence-corrected chi connectivity index (χ2v) is 7.82. The minimum absolute atomic E-state index is 0.185. The number of amides is 1. The lowest BCUT2D eigenvalue weighted by molar-refractivity contribution is -0.129. The molecule has 0 saturated heterocycles. The Balaban J connectivity index is 1.72. The first-order chi connectivity index (χ1) is 13.4. The van der Waals surface area contributed by atoms with Crippen molar-refractivity contribution in [3.05, 3.63) is 63.7 Å². The van der Waals surface area contributed by atoms with Crippen LogP contribution in [0.15, 0.2) is 30.3 Å². The van der Waals surface area contributed by atoms with Gasteiger partial charge in [0.25, 0.3) is 0 Å². The Bertz CT molecular complexity index is 956. The van der Waals surface area contributed by atoms with Crippen LogP contribution >= 0.6 is 0 Å². The van der Waals surface area contributed by atoms with E-state index < -0.39 is 11.7 Å². The molecule has 2 aliphatic rings. The van der Waals surface area contributed by atoms with Crippen molar-refractivity contribution in [3.63, 3.8) is 0 Å². The van der Waals surface area contributed by atoms with Crippen LogP contribution in [0, 0.1) is 6.92 Å². The summed E-state index contributed by atoms with van der Waals surface area (Å²) in [5.41, 5.74) is 5.73. The molecule has 0 saturated carbocycles. The number of fused-ring (bicyclic) bond motifs is 2. The van der Waals surface area contributed by atoms with Gasteiger partial charge in [-0.1, -0.05) is 30.3 Å². The summed E-state index contributed by atoms with van der Waals surface area (Å²) in [6.45, 7) is 2.57. The number of anilines is 1. The van der Waals surface area contributed by atoms with Crippen molar-refractivity contribution in [2.75, 3.05) is 11.9 Å². The molecule has 0 fully saturated rings. The molecule has 2 aromatic carbocycles. The number of hydrogen-bond donors (Lipinski definition) is 4. The van der Waals surface area contributed by atoms with E-state index in [2.05, 4.69) is 16.7 Å². The number of hydrogen-bond acceptors (Lipinski definition) is 5. The smallest absolute Gasteiger partial charge is 0.249 e. The Kier molecular flexibility index (Phi) is 4.69. The van der Waals surface area contributed by atoms with Crippen LogP contribution in [0.2, 0.25) is 0 Å². The molecule has 6 heteroatoms. The second kappa shape index (κ2) is 7.04. The Labute approximate surface area is 163 Å². The van der Waals surface area contributed by atoms with Crippen molar-refractivity contribution < 1.29 is 19.8 Å². The zero-order chi connectivity index (χ0) is 19.9. The monoisotopic (exact) mass is 380 g/mol. The van der Waals surface area contributed by atoms with Crippen LogP contribution in [-0.4, -0.2) is 40.7 Å². The lowest BCUT2D eigenvalue weighted by Gasteiger charge is -2.32. The van der Waals surface area contributed by atoms with E-state index in [1.54, 1.807) is 0 Å². The van der Waals surface area contributed by atoms with Gasteiger partial charge in [0.1, 0.15) is 11.7 Å². The molecule has 6 nitrogen and oxygen atoms in total. The number of β-amino-alcohol motifs (C(OH)–C–C–N with tert-alkyl or cyclic N) is 1. The third-order valence-electron chi connectivity index (χ3n) is 5.81. The minimum atomic E-state index is -1.38. The molecule has 0 aliphatic carbocycles. The van der Waals surface area contributed by atoms with Crippen LogP contribution in [0.1, 0.15) is 33.4 Å². The van der Waals surface area contributed by atoms with Crippen LogP contribution < -0.4 is 10.6 Å². The standard InChI is InChI=1S/C22H24N2O4/c1-13-5-6-15(20-18(13)9-22(28,12-25)11-24-20)7-14-3-2-4-16-10-23-21(27)19(26)8-17(14)16/h2-6,12,19,24,26,28H,7-11H2,1H3,(H,23,27). The Morgan fingerprint density at radius 2 is 2.00 bits per heavy atom. The van der Waals surface area contributed by atoms with Crippen LogP contribution in [0.5, 0.6) is 0 Å². The number of rotatable bonds is 3. The van der Waals surface area contributed by atoms with Crippen molar-refractivity contribution in [2.24, 2.45) is 0 Å². The fourth-order valence-electron chi connectivity index (χ4n) is 4.16. The van der Waals surface area contributed by atoms with Crippen molar-refractivity contribution in [1.29, 1.82) is 0 Å². The number of benzene rings is 2. The number of carbonyl (C=O) groups is 2. The van der Waals surface area contributed by atoms with E-state index in [0.717, 1.165) is 39.1 Å². The van der Waals surface area contributed by atoms with Crippen molar-refractivity contribution in [2.45, 2.75) is 44.4 Å². The number of aryl methyl sites for hydroxylation is 1. The number of nitrogens with one attached hydrogen (secondary N) is 2. The summed E-state index contributed by atoms with van der Waals surface area (Å²) in [6.07, 6.45) is 0.790. The average Bonchev–Trinajstić information content (AvgIpc) is 2.84. The number of carbonyl (C=O) groups excluding carboxylic acids is 2. The third kappa shape index (κ3) is 3.30. The molecule has 0 aromatic heterocycles. The molecule has 0 spiro atoms. The van der Waals surface area contributed by atoms with Crippen LogP contribution in [0.25, 0.3) is 0 Å². The summed E-state index contributed by atoms with van der Waals surface area (Å²) < 4.78 is 0. The molecule has 146 valence electrons. The largest absolute Gasteiger partial charge is 0.383 e. The average molecular weight is 380 g/mol. The minimum Gasteiger partial charge on any atom is -0.383 e. The zero-order valence-electron chi connectivity index (χ0n) is 15.8. The predicted octanol–water partition coefficient (Wildman–Crippen LogP) is 1.02. The molecule has 1 amide bonds. The summed E-state index contributed by atoms with van der Waals surface area (Å²) in [6, 6.07) is 10.0. The fourth-order valence-corrected chi connectivity index (χ4v) is 4.16. The van der Waals surface area contributed by atoms with E-state index in [1.807, 2.05) is 31.2 Å². The molecule has 2 aromatic rings. The second-order valence-electron chi connectivity index (χ2n) is 7.82. The number of aliphatic hydroxyl groups excluding tert-OH is 1. The SMILES string of the molecule is Cc1ccc(Cc2cccc3c2CC(O)C(=O)NC3)c2c1CC(O)(C=O)CN2. The van der Waals surface area contributed by atoms with Gasteiger partial charge in [-0.15, -0.1) is 0 Å². The zero-order valence-corrected chi connectivity index (χ0v) is 15.8. The summed E-state index contributed by atoms with van der Waals surface area (Å²) >= 11 is 0. The maximum absolute atomic E-state index is 11.8. The highest BCUT2D eigenvalue weighted by Crippen LogP contribution is 2.34. The first-order valence-corrected chi connectivity index (χ1v) is 9.49. The third-order valence-corrected chi connectivity index (χ3v) is 5.81. The van der Waals surface area contributed by atoms with Gasteiger partial charge in [-0.05, 0) is 46.7 Å². The maximum atomic E-state index is 11.8. The van der Waals surface area contributed by atoms with E-state index in [0.29, 0.717) is 32.1 Å². The maximum Gasteiger partial charge on any atom is 0.249 e. The molecule has 28 heavy (non-hydrogen) atoms. The fraction of sp³-hybridized carbons (Fsp3) is 0.364. The Morgan fingerprint density at radius 3 is 2.79 bits per heavy atom. The summed E-state index contributed by atoms with van der Waals surface area (Å²) in [7, 11) is 0. The molecule has 0 radical (unpaired) electrons. The van der Waals surface area contributed by atoms with Crippen LogP contribution in [0.3, 0.4) is 0 Å². The quantitative estimate of drug-likeness (QED) is 0.596. The molecule has 4 N–H and O–H groups in total. The molecule has 4 rings (SSSR count). The van der Waals surface area contributed by atoms with Gasteiger partial charge >= 0.3 is 0 Å². The van der Waals surface area contributed by atoms with Gasteiger partial charge in [0.05, 0.1) is 6.54 Å². The lowest BCUT2D eigenvalue weighted by Crippen LogP contribution is -2.44. The van der Waals surface area contributed by atoms with E-state index >= 15 is 0 Å². The van der Waals surface area contributed by atoms with Crippen molar-refractivity contribution in [1.82, 2.24) is 5.32 Å². The normalized spacial score (nSPS) is 23.7. The Hall–Kier alpha value is -2.70. The highest BCUT2D eigenvalue weighted by molar-refractivity contribution is 5.81. The molecule has 2 unspecified atom stereocenters. The van der Waals surface area contributed by atoms with Gasteiger partial charge in [-0.3, -0.25) is 4.79 Å². The molecule has 2 aliphatic heterocycles. The molecular formula is C22H24N2O4. The Morgan fingerprint density at radius 1 is 1.18 bits per heavy atom. The molecule has 0 bridgehead atoms. The van der Waals surface area contributed by atoms with Crippen molar-refractivity contribution >= 4 is 17.9 Å². The van der Waals surface area contributed by atoms with Gasteiger partial charge in [0.15, 0.2) is 6.29 Å². The van der Waals surface area contributed by atoms with Crippen LogP contribution in [0.4, 0.5) is 5.69 Å². The lowest BCUT2D eigenvalue weighted by atomic mass is 9.84. The van der Waals surface area contributed by atoms with Gasteiger partial charge < -0.3 is 25.6 Å². The molecule has 2 heterocycles. The van der Waals surface area contributed by atoms with Gasteiger partial charge in [-0.2, -0.15) is 0 Å². The highest BCUT2D eigenvalue weighted by Gasteiger charge is 2.33. The summed E-state index contributed by atoms with van der Waals surface area (Å²) in [5.74, 6) is -0.343. The summed E-state index contributed by atoms with van der Waals surface area (Å²) in [5, 5.41) is 26.5. The van der Waals surface area contributed by atoms with E-state index in [-0.39, 0.29) is 12.5 Å². The first-order valence-electron chi connectivity index (χ1n) is 9.49. The molecule has 2 atom stereocenters. The number of aldehydes is 1.